The maximum absolute atomic E-state index is 6.92. The van der Waals surface area contributed by atoms with E-state index in [0.29, 0.717) is 17.5 Å². The second-order valence-electron chi connectivity index (χ2n) is 20.6. The molecule has 18 rings (SSSR count). The van der Waals surface area contributed by atoms with E-state index in [1.165, 1.54) is 10.8 Å². The van der Waals surface area contributed by atoms with Crippen molar-refractivity contribution < 1.29 is 14.2 Å². The van der Waals surface area contributed by atoms with Crippen LogP contribution in [0, 0.1) is 0 Å². The third kappa shape index (κ3) is 5.97. The van der Waals surface area contributed by atoms with E-state index in [4.69, 9.17) is 29.2 Å². The molecular formula is C69H39BN6O3. The third-order valence-corrected chi connectivity index (χ3v) is 16.4. The molecule has 3 aliphatic heterocycles. The lowest BCUT2D eigenvalue weighted by atomic mass is 9.34. The Morgan fingerprint density at radius 3 is 1.44 bits per heavy atom. The van der Waals surface area contributed by atoms with Crippen molar-refractivity contribution in [2.24, 2.45) is 0 Å². The molecule has 0 saturated carbocycles. The zero-order valence-electron chi connectivity index (χ0n) is 42.0. The number of aromatic nitrogens is 6. The number of benzene rings is 11. The first-order valence-electron chi connectivity index (χ1n) is 26.6. The van der Waals surface area contributed by atoms with E-state index in [1.807, 2.05) is 54.6 Å². The highest BCUT2D eigenvalue weighted by atomic mass is 16.5. The van der Waals surface area contributed by atoms with Gasteiger partial charge in [0.05, 0.1) is 44.5 Å². The van der Waals surface area contributed by atoms with Crippen LogP contribution in [-0.4, -0.2) is 35.4 Å². The van der Waals surface area contributed by atoms with E-state index in [2.05, 4.69) is 196 Å². The second-order valence-corrected chi connectivity index (χ2v) is 20.6. The molecule has 15 aromatic rings. The zero-order valence-corrected chi connectivity index (χ0v) is 42.0. The van der Waals surface area contributed by atoms with Crippen molar-refractivity contribution in [3.8, 4) is 85.7 Å². The quantitative estimate of drug-likeness (QED) is 0.154. The Balaban J connectivity index is 0.851. The molecule has 0 fully saturated rings. The van der Waals surface area contributed by atoms with Gasteiger partial charge in [0.2, 0.25) is 0 Å². The molecule has 3 aliphatic rings. The topological polar surface area (TPSA) is 81.2 Å². The van der Waals surface area contributed by atoms with Gasteiger partial charge < -0.3 is 27.9 Å². The van der Waals surface area contributed by atoms with E-state index in [1.54, 1.807) is 0 Å². The Bertz CT molecular complexity index is 5030. The SMILES string of the molecule is c1ccc(-c2nc(-c3cccc(-n4c5ccccc5c5ccccc54)c3)nc(-c3ccccc3-n3c4ccccc4c4c3ccc3c5ccccc5n(-c5cc6c7c(c5)Oc5cccc8c5B7c5c(cccc5O6)O8)c34)n2)cc1. The van der Waals surface area contributed by atoms with Crippen LogP contribution >= 0.6 is 0 Å². The Morgan fingerprint density at radius 2 is 0.785 bits per heavy atom. The van der Waals surface area contributed by atoms with Crippen molar-refractivity contribution in [2.75, 3.05) is 0 Å². The monoisotopic (exact) mass is 1010 g/mol. The Morgan fingerprint density at radius 1 is 0.304 bits per heavy atom. The molecule has 0 spiro atoms. The van der Waals surface area contributed by atoms with Gasteiger partial charge in [-0.2, -0.15) is 0 Å². The Hall–Kier alpha value is -10.7. The van der Waals surface area contributed by atoms with Crippen LogP contribution in [0.3, 0.4) is 0 Å². The van der Waals surface area contributed by atoms with Crippen LogP contribution in [0.2, 0.25) is 0 Å². The van der Waals surface area contributed by atoms with Crippen LogP contribution in [0.1, 0.15) is 0 Å². The molecule has 0 bridgehead atoms. The molecule has 10 heteroatoms. The molecule has 0 saturated heterocycles. The molecule has 9 nitrogen and oxygen atoms in total. The molecule has 0 atom stereocenters. The summed E-state index contributed by atoms with van der Waals surface area (Å²) < 4.78 is 27.4. The highest BCUT2D eigenvalue weighted by molar-refractivity contribution is 6.99. The average Bonchev–Trinajstić information content (AvgIpc) is 4.20. The van der Waals surface area contributed by atoms with Crippen LogP contribution in [0.25, 0.3) is 117 Å². The normalized spacial score (nSPS) is 12.8. The summed E-state index contributed by atoms with van der Waals surface area (Å²) >= 11 is 0. The predicted octanol–water partition coefficient (Wildman–Crippen LogP) is 15.0. The minimum Gasteiger partial charge on any atom is -0.458 e. The van der Waals surface area contributed by atoms with E-state index < -0.39 is 0 Å². The van der Waals surface area contributed by atoms with Gasteiger partial charge in [-0.05, 0) is 78.9 Å². The van der Waals surface area contributed by atoms with E-state index >= 15 is 0 Å². The van der Waals surface area contributed by atoms with E-state index in [9.17, 15) is 0 Å². The molecule has 7 heterocycles. The fourth-order valence-electron chi connectivity index (χ4n) is 13.2. The van der Waals surface area contributed by atoms with Crippen LogP contribution in [-0.2, 0) is 0 Å². The first kappa shape index (κ1) is 42.5. The van der Waals surface area contributed by atoms with Crippen molar-refractivity contribution in [1.29, 1.82) is 0 Å². The molecule has 366 valence electrons. The van der Waals surface area contributed by atoms with E-state index in [-0.39, 0.29) is 6.71 Å². The summed E-state index contributed by atoms with van der Waals surface area (Å²) in [4.78, 5) is 16.0. The molecule has 0 aliphatic carbocycles. The van der Waals surface area contributed by atoms with Crippen molar-refractivity contribution in [2.45, 2.75) is 0 Å². The first-order valence-corrected chi connectivity index (χ1v) is 26.6. The zero-order chi connectivity index (χ0) is 51.4. The van der Waals surface area contributed by atoms with Gasteiger partial charge in [-0.3, -0.25) is 0 Å². The molecule has 0 radical (unpaired) electrons. The number of ether oxygens (including phenoxy) is 3. The highest BCUT2D eigenvalue weighted by Crippen LogP contribution is 2.47. The maximum Gasteiger partial charge on any atom is 0.270 e. The van der Waals surface area contributed by atoms with Crippen molar-refractivity contribution in [3.05, 3.63) is 237 Å². The number of para-hydroxylation sites is 5. The number of hydrogen-bond acceptors (Lipinski definition) is 6. The van der Waals surface area contributed by atoms with Gasteiger partial charge in [-0.15, -0.1) is 0 Å². The molecule has 0 amide bonds. The average molecular weight is 1010 g/mol. The van der Waals surface area contributed by atoms with Crippen LogP contribution in [0.4, 0.5) is 0 Å². The lowest BCUT2D eigenvalue weighted by Gasteiger charge is -2.37. The largest absolute Gasteiger partial charge is 0.458 e. The van der Waals surface area contributed by atoms with Crippen LogP contribution in [0.15, 0.2) is 237 Å². The van der Waals surface area contributed by atoms with Crippen molar-refractivity contribution in [1.82, 2.24) is 28.7 Å². The summed E-state index contributed by atoms with van der Waals surface area (Å²) in [6.07, 6.45) is 0. The highest BCUT2D eigenvalue weighted by Gasteiger charge is 2.46. The van der Waals surface area contributed by atoms with Gasteiger partial charge in [-0.1, -0.05) is 146 Å². The number of nitrogens with zero attached hydrogens (tertiary/aromatic N) is 6. The minimum absolute atomic E-state index is 0.0868. The van der Waals surface area contributed by atoms with Gasteiger partial charge in [0.1, 0.15) is 34.5 Å². The summed E-state index contributed by atoms with van der Waals surface area (Å²) in [6, 6.07) is 82.9. The van der Waals surface area contributed by atoms with E-state index in [0.717, 1.165) is 139 Å². The summed E-state index contributed by atoms with van der Waals surface area (Å²) in [5.41, 5.74) is 15.2. The molecule has 0 N–H and O–H groups in total. The van der Waals surface area contributed by atoms with Gasteiger partial charge >= 0.3 is 0 Å². The summed E-state index contributed by atoms with van der Waals surface area (Å²) in [5.74, 6) is 6.48. The van der Waals surface area contributed by atoms with Gasteiger partial charge in [0.25, 0.3) is 6.71 Å². The van der Waals surface area contributed by atoms with Gasteiger partial charge in [0, 0.05) is 83.2 Å². The van der Waals surface area contributed by atoms with Gasteiger partial charge in [-0.25, -0.2) is 15.0 Å². The number of fused-ring (bicyclic) bond motifs is 10. The minimum atomic E-state index is -0.0868. The predicted molar refractivity (Wildman–Crippen MR) is 317 cm³/mol. The molecule has 11 aromatic carbocycles. The van der Waals surface area contributed by atoms with Crippen LogP contribution < -0.4 is 30.6 Å². The molecule has 79 heavy (non-hydrogen) atoms. The third-order valence-electron chi connectivity index (χ3n) is 16.4. The maximum atomic E-state index is 6.92. The lowest BCUT2D eigenvalue weighted by Crippen LogP contribution is -2.59. The fraction of sp³-hybridized carbons (Fsp3) is 0. The fourth-order valence-corrected chi connectivity index (χ4v) is 13.2. The Labute approximate surface area is 451 Å². The summed E-state index contributed by atoms with van der Waals surface area (Å²) in [6.45, 7) is -0.0868. The Kier molecular flexibility index (Phi) is 8.57. The van der Waals surface area contributed by atoms with Crippen molar-refractivity contribution in [3.63, 3.8) is 0 Å². The number of hydrogen-bond donors (Lipinski definition) is 0. The smallest absolute Gasteiger partial charge is 0.270 e. The molecule has 0 unspecified atom stereocenters. The first-order chi connectivity index (χ1) is 39.2. The molecular weight excluding hydrogens is 972 g/mol. The molecule has 4 aromatic heterocycles. The second kappa shape index (κ2) is 15.9. The summed E-state index contributed by atoms with van der Waals surface area (Å²) in [5, 5.41) is 6.93. The van der Waals surface area contributed by atoms with Crippen molar-refractivity contribution >= 4 is 88.5 Å². The van der Waals surface area contributed by atoms with Gasteiger partial charge in [0.15, 0.2) is 17.5 Å². The lowest BCUT2D eigenvalue weighted by molar-refractivity contribution is 0.442. The number of rotatable bonds is 6. The standard InChI is InChI=1S/C69H39BN6O3/c1-2-17-40(18-3-1)67-71-68(41-19-14-20-42(37-41)74-50-26-9-4-21-44(50)45-22-5-10-27-51(45)74)73-69(72-67)49-25-8-13-30-54(49)76-53-29-12-7-24-48(53)62-55(76)36-35-47-46-23-6-11-28-52(46)75(66(47)62)43-38-60-65-61(39-43)79-59-34-16-32-57-64(59)70(65)63-56(77-57)31-15-33-58(63)78-60/h1-39H. The van der Waals surface area contributed by atoms with Crippen LogP contribution in [0.5, 0.6) is 34.5 Å². The summed E-state index contributed by atoms with van der Waals surface area (Å²) in [7, 11) is 0.